The Kier molecular flexibility index (Phi) is 13.0. The summed E-state index contributed by atoms with van der Waals surface area (Å²) in [4.78, 5) is 27.5. The Hall–Kier alpha value is -2.54. The van der Waals surface area contributed by atoms with Gasteiger partial charge in [0.15, 0.2) is 0 Å². The summed E-state index contributed by atoms with van der Waals surface area (Å²) >= 11 is 6.42. The molecule has 36 heavy (non-hydrogen) atoms. The maximum atomic E-state index is 13.2. The van der Waals surface area contributed by atoms with Gasteiger partial charge in [-0.05, 0) is 29.3 Å². The first-order valence-electron chi connectivity index (χ1n) is 11.3. The van der Waals surface area contributed by atoms with Crippen LogP contribution in [0.15, 0.2) is 42.5 Å². The molecule has 196 valence electrons. The molecule has 1 aliphatic rings. The van der Waals surface area contributed by atoms with E-state index in [0.29, 0.717) is 48.5 Å². The molecule has 2 amide bonds. The number of fused-ring (bicyclic) bond motifs is 1. The first kappa shape index (κ1) is 31.5. The van der Waals surface area contributed by atoms with Crippen LogP contribution in [-0.2, 0) is 22.7 Å². The summed E-state index contributed by atoms with van der Waals surface area (Å²) in [5, 5.41) is 19.4. The third-order valence-corrected chi connectivity index (χ3v) is 6.01. The molecule has 2 aromatic carbocycles. The number of nitrogens with zero attached hydrogens (tertiary/aromatic N) is 4. The van der Waals surface area contributed by atoms with Crippen LogP contribution in [0.1, 0.15) is 30.5 Å². The number of hydrazine groups is 1. The molecule has 0 spiro atoms. The number of nitriles is 1. The number of hydrogen-bond acceptors (Lipinski definition) is 6. The fraction of sp³-hybridized carbons (Fsp3) is 0.400. The summed E-state index contributed by atoms with van der Waals surface area (Å²) < 4.78 is 0. The Balaban J connectivity index is 0.00000324. The Morgan fingerprint density at radius 1 is 1.08 bits per heavy atom. The highest BCUT2D eigenvalue weighted by Crippen LogP contribution is 2.28. The van der Waals surface area contributed by atoms with Gasteiger partial charge in [-0.1, -0.05) is 49.7 Å². The Bertz CT molecular complexity index is 1050. The molecule has 0 saturated heterocycles. The van der Waals surface area contributed by atoms with E-state index in [1.165, 1.54) is 11.1 Å². The highest BCUT2D eigenvalue weighted by atomic mass is 35.5. The van der Waals surface area contributed by atoms with Crippen LogP contribution in [0.25, 0.3) is 0 Å². The van der Waals surface area contributed by atoms with Crippen molar-refractivity contribution in [2.45, 2.75) is 33.0 Å². The van der Waals surface area contributed by atoms with Crippen LogP contribution >= 0.6 is 36.4 Å². The number of carbonyl (C=O) groups excluding carboxylic acids is 2. The van der Waals surface area contributed by atoms with Gasteiger partial charge in [-0.2, -0.15) is 5.26 Å². The molecular formula is C25H33Cl3N6O2. The molecule has 0 bridgehead atoms. The lowest BCUT2D eigenvalue weighted by molar-refractivity contribution is -0.145. The van der Waals surface area contributed by atoms with Crippen LogP contribution < -0.4 is 15.5 Å². The number of rotatable bonds is 10. The molecule has 0 aromatic heterocycles. The van der Waals surface area contributed by atoms with Crippen molar-refractivity contribution >= 4 is 53.9 Å². The predicted molar refractivity (Wildman–Crippen MR) is 147 cm³/mol. The molecule has 2 N–H and O–H groups in total. The number of halogens is 3. The van der Waals surface area contributed by atoms with Gasteiger partial charge in [-0.3, -0.25) is 14.6 Å². The van der Waals surface area contributed by atoms with Gasteiger partial charge in [0.1, 0.15) is 0 Å². The zero-order chi connectivity index (χ0) is 24.7. The average molecular weight is 556 g/mol. The van der Waals surface area contributed by atoms with Gasteiger partial charge in [0.25, 0.3) is 5.91 Å². The molecule has 2 aromatic rings. The van der Waals surface area contributed by atoms with Crippen LogP contribution in [0.3, 0.4) is 0 Å². The molecule has 0 aliphatic carbocycles. The van der Waals surface area contributed by atoms with Crippen molar-refractivity contribution < 1.29 is 9.59 Å². The summed E-state index contributed by atoms with van der Waals surface area (Å²) in [5.41, 5.74) is 3.26. The van der Waals surface area contributed by atoms with Gasteiger partial charge in [-0.15, -0.1) is 24.8 Å². The van der Waals surface area contributed by atoms with E-state index in [2.05, 4.69) is 28.8 Å². The SMILES string of the molecule is CC(C)NCCNC(=O)CN(CC(=O)N(C)N1Cc2ccccc2C1)c1cc(C#N)ccc1Cl.Cl.Cl. The second kappa shape index (κ2) is 14.9. The third-order valence-electron chi connectivity index (χ3n) is 5.69. The molecule has 0 atom stereocenters. The van der Waals surface area contributed by atoms with Crippen molar-refractivity contribution in [3.8, 4) is 6.07 Å². The van der Waals surface area contributed by atoms with Crippen molar-refractivity contribution in [1.29, 1.82) is 5.26 Å². The Labute approximate surface area is 230 Å². The van der Waals surface area contributed by atoms with Crippen molar-refractivity contribution in [3.05, 3.63) is 64.2 Å². The topological polar surface area (TPSA) is 91.7 Å². The zero-order valence-electron chi connectivity index (χ0n) is 20.7. The number of hydrogen-bond donors (Lipinski definition) is 2. The molecule has 0 unspecified atom stereocenters. The van der Waals surface area contributed by atoms with Gasteiger partial charge < -0.3 is 15.5 Å². The number of anilines is 1. The predicted octanol–water partition coefficient (Wildman–Crippen LogP) is 3.37. The highest BCUT2D eigenvalue weighted by molar-refractivity contribution is 6.33. The van der Waals surface area contributed by atoms with Crippen LogP contribution in [0.4, 0.5) is 5.69 Å². The van der Waals surface area contributed by atoms with Gasteiger partial charge in [0, 0.05) is 39.3 Å². The minimum absolute atomic E-state index is 0. The average Bonchev–Trinajstić information content (AvgIpc) is 3.25. The van der Waals surface area contributed by atoms with Crippen molar-refractivity contribution in [3.63, 3.8) is 0 Å². The summed E-state index contributed by atoms with van der Waals surface area (Å²) in [6.45, 7) is 6.36. The highest BCUT2D eigenvalue weighted by Gasteiger charge is 2.27. The Morgan fingerprint density at radius 3 is 2.31 bits per heavy atom. The van der Waals surface area contributed by atoms with Gasteiger partial charge in [0.2, 0.25) is 5.91 Å². The van der Waals surface area contributed by atoms with E-state index in [1.807, 2.05) is 31.0 Å². The quantitative estimate of drug-likeness (QED) is 0.437. The summed E-state index contributed by atoms with van der Waals surface area (Å²) in [6, 6.07) is 15.3. The lowest BCUT2D eigenvalue weighted by Crippen LogP contribution is -2.48. The monoisotopic (exact) mass is 554 g/mol. The summed E-state index contributed by atoms with van der Waals surface area (Å²) in [5.74, 6) is -0.409. The fourth-order valence-corrected chi connectivity index (χ4v) is 4.03. The molecular weight excluding hydrogens is 523 g/mol. The van der Waals surface area contributed by atoms with Gasteiger partial charge in [0.05, 0.1) is 35.4 Å². The van der Waals surface area contributed by atoms with E-state index in [4.69, 9.17) is 11.6 Å². The lowest BCUT2D eigenvalue weighted by Gasteiger charge is -2.31. The molecule has 0 fully saturated rings. The fourth-order valence-electron chi connectivity index (χ4n) is 3.79. The number of benzene rings is 2. The molecule has 3 rings (SSSR count). The third kappa shape index (κ3) is 8.54. The van der Waals surface area contributed by atoms with Crippen molar-refractivity contribution in [1.82, 2.24) is 20.7 Å². The number of likely N-dealkylation sites (N-methyl/N-ethyl adjacent to an activating group) is 1. The lowest BCUT2D eigenvalue weighted by atomic mass is 10.1. The van der Waals surface area contributed by atoms with Crippen LogP contribution in [0.5, 0.6) is 0 Å². The zero-order valence-corrected chi connectivity index (χ0v) is 23.1. The number of carbonyl (C=O) groups is 2. The molecule has 11 heteroatoms. The van der Waals surface area contributed by atoms with Gasteiger partial charge in [-0.25, -0.2) is 5.01 Å². The standard InChI is InChI=1S/C25H31ClN6O2.2ClH/c1-18(2)28-10-11-29-24(33)16-31(23-12-19(13-27)8-9-22(23)26)17-25(34)30(3)32-14-20-6-4-5-7-21(20)15-32;;/h4-9,12,18,28H,10-11,14-17H2,1-3H3,(H,29,33);2*1H. The van der Waals surface area contributed by atoms with E-state index in [-0.39, 0.29) is 49.7 Å². The molecule has 1 aliphatic heterocycles. The maximum absolute atomic E-state index is 13.2. The first-order chi connectivity index (χ1) is 16.3. The van der Waals surface area contributed by atoms with Crippen LogP contribution in [-0.4, -0.2) is 61.1 Å². The molecule has 8 nitrogen and oxygen atoms in total. The van der Waals surface area contributed by atoms with E-state index in [0.717, 1.165) is 0 Å². The molecule has 1 heterocycles. The normalized spacial score (nSPS) is 12.1. The number of nitrogens with one attached hydrogen (secondary N) is 2. The van der Waals surface area contributed by atoms with E-state index < -0.39 is 0 Å². The second-order valence-corrected chi connectivity index (χ2v) is 9.01. The number of amides is 2. The summed E-state index contributed by atoms with van der Waals surface area (Å²) in [7, 11) is 1.73. The summed E-state index contributed by atoms with van der Waals surface area (Å²) in [6.07, 6.45) is 0. The smallest absolute Gasteiger partial charge is 0.256 e. The van der Waals surface area contributed by atoms with E-state index >= 15 is 0 Å². The largest absolute Gasteiger partial charge is 0.353 e. The van der Waals surface area contributed by atoms with Crippen LogP contribution in [0.2, 0.25) is 5.02 Å². The Morgan fingerprint density at radius 2 is 1.72 bits per heavy atom. The van der Waals surface area contributed by atoms with Crippen molar-refractivity contribution in [2.75, 3.05) is 38.1 Å². The minimum atomic E-state index is -0.229. The van der Waals surface area contributed by atoms with Crippen LogP contribution in [0, 0.1) is 11.3 Å². The van der Waals surface area contributed by atoms with Gasteiger partial charge >= 0.3 is 0 Å². The maximum Gasteiger partial charge on any atom is 0.256 e. The second-order valence-electron chi connectivity index (χ2n) is 8.60. The van der Waals surface area contributed by atoms with E-state index in [9.17, 15) is 14.9 Å². The van der Waals surface area contributed by atoms with Crippen molar-refractivity contribution in [2.24, 2.45) is 0 Å². The molecule has 0 radical (unpaired) electrons. The minimum Gasteiger partial charge on any atom is -0.353 e. The first-order valence-corrected chi connectivity index (χ1v) is 11.7. The van der Waals surface area contributed by atoms with E-state index in [1.54, 1.807) is 35.2 Å². The molecule has 0 saturated carbocycles.